The Kier molecular flexibility index (Phi) is 7.49. The monoisotopic (exact) mass is 527 g/mol. The first-order chi connectivity index (χ1) is 18.3. The van der Waals surface area contributed by atoms with Crippen molar-refractivity contribution in [2.24, 2.45) is 0 Å². The van der Waals surface area contributed by atoms with Crippen LogP contribution in [0.5, 0.6) is 23.0 Å². The molecule has 1 atom stereocenters. The number of fused-ring (bicyclic) bond motifs is 2. The Balaban J connectivity index is 1.46. The molecule has 38 heavy (non-hydrogen) atoms. The van der Waals surface area contributed by atoms with E-state index in [1.54, 1.807) is 7.11 Å². The van der Waals surface area contributed by atoms with Crippen LogP contribution in [0, 0.1) is 6.92 Å². The van der Waals surface area contributed by atoms with Crippen molar-refractivity contribution in [3.8, 4) is 23.0 Å². The highest BCUT2D eigenvalue weighted by atomic mass is 19.4. The molecule has 1 unspecified atom stereocenters. The molecule has 2 aliphatic rings. The lowest BCUT2D eigenvalue weighted by Gasteiger charge is -2.35. The van der Waals surface area contributed by atoms with Crippen LogP contribution in [0.4, 0.5) is 13.2 Å². The van der Waals surface area contributed by atoms with E-state index in [4.69, 9.17) is 23.8 Å². The van der Waals surface area contributed by atoms with Gasteiger partial charge in [-0.1, -0.05) is 42.5 Å². The summed E-state index contributed by atoms with van der Waals surface area (Å²) in [5.41, 5.74) is 4.58. The minimum Gasteiger partial charge on any atom is -0.493 e. The van der Waals surface area contributed by atoms with Gasteiger partial charge in [0.25, 0.3) is 0 Å². The van der Waals surface area contributed by atoms with Crippen LogP contribution < -0.4 is 18.9 Å². The van der Waals surface area contributed by atoms with E-state index in [1.807, 2.05) is 73.7 Å². The second-order valence-electron chi connectivity index (χ2n) is 9.12. The van der Waals surface area contributed by atoms with Gasteiger partial charge in [0.15, 0.2) is 29.6 Å². The third-order valence-corrected chi connectivity index (χ3v) is 6.51. The maximum absolute atomic E-state index is 13.0. The zero-order chi connectivity index (χ0) is 26.7. The lowest BCUT2D eigenvalue weighted by molar-refractivity contribution is -0.263. The molecule has 5 rings (SSSR count). The molecule has 9 heteroatoms. The van der Waals surface area contributed by atoms with Crippen LogP contribution >= 0.6 is 0 Å². The molecule has 2 aliphatic heterocycles. The van der Waals surface area contributed by atoms with Crippen LogP contribution in [0.1, 0.15) is 33.9 Å². The molecule has 0 amide bonds. The van der Waals surface area contributed by atoms with Crippen molar-refractivity contribution in [3.05, 3.63) is 88.5 Å². The Morgan fingerprint density at radius 2 is 1.79 bits per heavy atom. The summed E-state index contributed by atoms with van der Waals surface area (Å²) in [6, 6.07) is 16.7. The molecule has 0 aromatic heterocycles. The number of nitrogens with zero attached hydrogens (tertiary/aromatic N) is 1. The van der Waals surface area contributed by atoms with Gasteiger partial charge in [-0.3, -0.25) is 4.84 Å². The summed E-state index contributed by atoms with van der Waals surface area (Å²) in [5.74, 6) is 2.38. The molecule has 0 spiro atoms. The molecule has 0 bridgehead atoms. The molecule has 3 aromatic rings. The predicted molar refractivity (Wildman–Crippen MR) is 135 cm³/mol. The van der Waals surface area contributed by atoms with Crippen LogP contribution in [0.15, 0.2) is 60.7 Å². The first kappa shape index (κ1) is 25.9. The van der Waals surface area contributed by atoms with E-state index in [9.17, 15) is 13.2 Å². The lowest BCUT2D eigenvalue weighted by atomic mass is 9.92. The molecule has 2 heterocycles. The Hall–Kier alpha value is -3.69. The minimum atomic E-state index is -4.45. The van der Waals surface area contributed by atoms with Crippen LogP contribution in [0.3, 0.4) is 0 Å². The first-order valence-electron chi connectivity index (χ1n) is 12.2. The van der Waals surface area contributed by atoms with Gasteiger partial charge < -0.3 is 18.9 Å². The standard InChI is InChI=1S/C29H28F3NO5/c1-19-12-26-28(37-18-36-26)13-21(19)8-9-24-23-15-25(34-2)27(35-16-20-6-4-3-5-7-20)14-22(23)10-11-33(24)38-17-29(30,31)32/h3-9,12-15,24H,10-11,16-18H2,1-2H3/b9-8+. The molecule has 0 saturated carbocycles. The van der Waals surface area contributed by atoms with Crippen molar-refractivity contribution < 1.29 is 37.0 Å². The maximum Gasteiger partial charge on any atom is 0.413 e. The van der Waals surface area contributed by atoms with Gasteiger partial charge in [-0.25, -0.2) is 0 Å². The van der Waals surface area contributed by atoms with E-state index in [0.717, 1.165) is 27.8 Å². The largest absolute Gasteiger partial charge is 0.493 e. The number of methoxy groups -OCH3 is 1. The van der Waals surface area contributed by atoms with Crippen molar-refractivity contribution in [2.45, 2.75) is 32.2 Å². The Labute approximate surface area is 219 Å². The third kappa shape index (κ3) is 5.89. The summed E-state index contributed by atoms with van der Waals surface area (Å²) in [6.07, 6.45) is -0.252. The summed E-state index contributed by atoms with van der Waals surface area (Å²) in [5, 5.41) is 1.37. The van der Waals surface area contributed by atoms with E-state index in [0.29, 0.717) is 36.0 Å². The summed E-state index contributed by atoms with van der Waals surface area (Å²) in [7, 11) is 1.54. The number of aryl methyl sites for hydroxylation is 1. The van der Waals surface area contributed by atoms with Crippen LogP contribution in [-0.4, -0.2) is 38.3 Å². The smallest absolute Gasteiger partial charge is 0.413 e. The number of ether oxygens (including phenoxy) is 4. The van der Waals surface area contributed by atoms with Crippen LogP contribution in [-0.2, 0) is 17.9 Å². The van der Waals surface area contributed by atoms with Crippen LogP contribution in [0.25, 0.3) is 6.08 Å². The van der Waals surface area contributed by atoms with Gasteiger partial charge in [-0.2, -0.15) is 18.2 Å². The topological polar surface area (TPSA) is 49.4 Å². The quantitative estimate of drug-likeness (QED) is 0.337. The molecule has 6 nitrogen and oxygen atoms in total. The Bertz CT molecular complexity index is 1310. The fourth-order valence-electron chi connectivity index (χ4n) is 4.58. The normalized spacial score (nSPS) is 17.0. The molecule has 0 aliphatic carbocycles. The highest BCUT2D eigenvalue weighted by Gasteiger charge is 2.34. The first-order valence-corrected chi connectivity index (χ1v) is 12.2. The number of halogens is 3. The summed E-state index contributed by atoms with van der Waals surface area (Å²) in [4.78, 5) is 5.26. The van der Waals surface area contributed by atoms with E-state index in [1.165, 1.54) is 5.06 Å². The molecular weight excluding hydrogens is 499 g/mol. The molecule has 200 valence electrons. The third-order valence-electron chi connectivity index (χ3n) is 6.51. The van der Waals surface area contributed by atoms with Gasteiger partial charge in [0.1, 0.15) is 6.61 Å². The minimum absolute atomic E-state index is 0.158. The van der Waals surface area contributed by atoms with Gasteiger partial charge in [0, 0.05) is 6.54 Å². The average Bonchev–Trinajstić information content (AvgIpc) is 3.36. The van der Waals surface area contributed by atoms with E-state index in [2.05, 4.69) is 0 Å². The van der Waals surface area contributed by atoms with E-state index >= 15 is 0 Å². The number of hydrogen-bond acceptors (Lipinski definition) is 6. The van der Waals surface area contributed by atoms with Gasteiger partial charge >= 0.3 is 6.18 Å². The molecule has 0 radical (unpaired) electrons. The van der Waals surface area contributed by atoms with Gasteiger partial charge in [0.05, 0.1) is 13.2 Å². The zero-order valence-corrected chi connectivity index (χ0v) is 21.1. The van der Waals surface area contributed by atoms with E-state index < -0.39 is 18.8 Å². The lowest BCUT2D eigenvalue weighted by Crippen LogP contribution is -2.37. The van der Waals surface area contributed by atoms with Gasteiger partial charge in [-0.15, -0.1) is 0 Å². The fraction of sp³-hybridized carbons (Fsp3) is 0.310. The van der Waals surface area contributed by atoms with Crippen molar-refractivity contribution in [2.75, 3.05) is 27.1 Å². The van der Waals surface area contributed by atoms with Crippen molar-refractivity contribution >= 4 is 6.08 Å². The summed E-state index contributed by atoms with van der Waals surface area (Å²) in [6.45, 7) is 1.37. The average molecular weight is 528 g/mol. The van der Waals surface area contributed by atoms with Gasteiger partial charge in [0.2, 0.25) is 6.79 Å². The maximum atomic E-state index is 13.0. The van der Waals surface area contributed by atoms with Crippen molar-refractivity contribution in [3.63, 3.8) is 0 Å². The predicted octanol–water partition coefficient (Wildman–Crippen LogP) is 6.42. The van der Waals surface area contributed by atoms with Gasteiger partial charge in [-0.05, 0) is 65.4 Å². The summed E-state index contributed by atoms with van der Waals surface area (Å²) >= 11 is 0. The fourth-order valence-corrected chi connectivity index (χ4v) is 4.58. The molecule has 3 aromatic carbocycles. The molecule has 0 saturated heterocycles. The number of alkyl halides is 3. The highest BCUT2D eigenvalue weighted by molar-refractivity contribution is 5.62. The number of hydrogen-bond donors (Lipinski definition) is 0. The zero-order valence-electron chi connectivity index (χ0n) is 21.1. The number of benzene rings is 3. The Morgan fingerprint density at radius 1 is 1.03 bits per heavy atom. The van der Waals surface area contributed by atoms with Crippen molar-refractivity contribution in [1.29, 1.82) is 0 Å². The van der Waals surface area contributed by atoms with Crippen LogP contribution in [0.2, 0.25) is 0 Å². The SMILES string of the molecule is COc1cc2c(cc1OCc1ccccc1)CCN(OCC(F)(F)F)C2/C=C/c1cc2c(cc1C)OCO2. The number of rotatable bonds is 8. The molecule has 0 fully saturated rings. The Morgan fingerprint density at radius 3 is 2.53 bits per heavy atom. The number of hydroxylamine groups is 2. The molecule has 0 N–H and O–H groups in total. The highest BCUT2D eigenvalue weighted by Crippen LogP contribution is 2.41. The second kappa shape index (κ2) is 11.0. The van der Waals surface area contributed by atoms with Crippen molar-refractivity contribution in [1.82, 2.24) is 5.06 Å². The van der Waals surface area contributed by atoms with E-state index in [-0.39, 0.29) is 13.3 Å². The molecular formula is C29H28F3NO5. The summed E-state index contributed by atoms with van der Waals surface area (Å²) < 4.78 is 61.7. The second-order valence-corrected chi connectivity index (χ2v) is 9.12.